The number of methoxy groups -OCH3 is 2. The highest BCUT2D eigenvalue weighted by Crippen LogP contribution is 2.27. The Balaban J connectivity index is 2.02. The molecular formula is C12H14N4O4. The minimum atomic E-state index is 0.0762. The van der Waals surface area contributed by atoms with Crippen molar-refractivity contribution in [3.05, 3.63) is 35.2 Å². The number of rotatable bonds is 6. The lowest BCUT2D eigenvalue weighted by molar-refractivity contribution is -0.761. The van der Waals surface area contributed by atoms with E-state index in [0.29, 0.717) is 24.5 Å². The number of aryl methyl sites for hydroxylation is 2. The lowest BCUT2D eigenvalue weighted by Gasteiger charge is -2.08. The summed E-state index contributed by atoms with van der Waals surface area (Å²) >= 11 is 0. The summed E-state index contributed by atoms with van der Waals surface area (Å²) in [6.45, 7) is 0.577. The predicted octanol–water partition coefficient (Wildman–Crippen LogP) is 1.80. The van der Waals surface area contributed by atoms with Crippen molar-refractivity contribution in [1.82, 2.24) is 5.27 Å². The third-order valence-corrected chi connectivity index (χ3v) is 2.72. The molecule has 8 heteroatoms. The normalized spacial score (nSPS) is 10.9. The van der Waals surface area contributed by atoms with Crippen LogP contribution in [0.3, 0.4) is 0 Å². The largest absolute Gasteiger partial charge is 0.775 e. The van der Waals surface area contributed by atoms with Gasteiger partial charge in [-0.05, 0) is 17.7 Å². The molecular weight excluding hydrogens is 264 g/mol. The third kappa shape index (κ3) is 3.22. The molecule has 106 valence electrons. The van der Waals surface area contributed by atoms with Gasteiger partial charge in [0.05, 0.1) is 14.2 Å². The van der Waals surface area contributed by atoms with Gasteiger partial charge in [-0.2, -0.15) is 0 Å². The summed E-state index contributed by atoms with van der Waals surface area (Å²) in [6, 6.07) is 5.69. The molecule has 0 aliphatic heterocycles. The number of aromatic nitrogens is 2. The molecule has 2 aromatic rings. The SMILES string of the molecule is COc1ccc(CC[n+]2cc(/N=N/[O-])on2)cc1OC. The maximum absolute atomic E-state index is 9.95. The van der Waals surface area contributed by atoms with Gasteiger partial charge in [0.1, 0.15) is 0 Å². The molecule has 0 bridgehead atoms. The van der Waals surface area contributed by atoms with E-state index in [4.69, 9.17) is 14.0 Å². The molecule has 1 aromatic carbocycles. The predicted molar refractivity (Wildman–Crippen MR) is 67.8 cm³/mol. The topological polar surface area (TPSA) is 96.2 Å². The smallest absolute Gasteiger partial charge is 0.339 e. The van der Waals surface area contributed by atoms with Crippen molar-refractivity contribution >= 4 is 5.88 Å². The van der Waals surface area contributed by atoms with Crippen LogP contribution in [0.25, 0.3) is 0 Å². The summed E-state index contributed by atoms with van der Waals surface area (Å²) < 4.78 is 16.7. The summed E-state index contributed by atoms with van der Waals surface area (Å²) in [5.41, 5.74) is 1.06. The van der Waals surface area contributed by atoms with E-state index in [1.54, 1.807) is 18.9 Å². The lowest BCUT2D eigenvalue weighted by atomic mass is 10.1. The highest BCUT2D eigenvalue weighted by Gasteiger charge is 2.12. The van der Waals surface area contributed by atoms with Gasteiger partial charge in [-0.25, -0.2) is 5.28 Å². The summed E-state index contributed by atoms with van der Waals surface area (Å²) in [6.07, 6.45) is 2.22. The summed E-state index contributed by atoms with van der Waals surface area (Å²) in [7, 11) is 3.18. The molecule has 0 spiro atoms. The van der Waals surface area contributed by atoms with Crippen LogP contribution in [-0.2, 0) is 13.0 Å². The van der Waals surface area contributed by atoms with Crippen molar-refractivity contribution in [3.63, 3.8) is 0 Å². The van der Waals surface area contributed by atoms with Crippen molar-refractivity contribution < 1.29 is 18.7 Å². The van der Waals surface area contributed by atoms with Crippen LogP contribution in [0, 0.1) is 5.21 Å². The third-order valence-electron chi connectivity index (χ3n) is 2.72. The zero-order valence-corrected chi connectivity index (χ0v) is 11.1. The Morgan fingerprint density at radius 3 is 2.80 bits per heavy atom. The number of hydrogen-bond donors (Lipinski definition) is 0. The number of hydrogen-bond acceptors (Lipinski definition) is 7. The average molecular weight is 278 g/mol. The second-order valence-corrected chi connectivity index (χ2v) is 3.92. The van der Waals surface area contributed by atoms with Crippen LogP contribution in [-0.4, -0.2) is 19.5 Å². The number of benzene rings is 1. The van der Waals surface area contributed by atoms with Gasteiger partial charge in [-0.3, -0.25) is 4.52 Å². The Labute approximate surface area is 115 Å². The van der Waals surface area contributed by atoms with Crippen LogP contribution >= 0.6 is 0 Å². The fraction of sp³-hybridized carbons (Fsp3) is 0.333. The first kappa shape index (κ1) is 13.8. The maximum atomic E-state index is 9.95. The van der Waals surface area contributed by atoms with Crippen LogP contribution in [0.1, 0.15) is 5.56 Å². The fourth-order valence-corrected chi connectivity index (χ4v) is 1.74. The Morgan fingerprint density at radius 2 is 2.10 bits per heavy atom. The first-order valence-corrected chi connectivity index (χ1v) is 5.87. The lowest BCUT2D eigenvalue weighted by Crippen LogP contribution is -2.35. The van der Waals surface area contributed by atoms with Crippen molar-refractivity contribution in [2.24, 2.45) is 10.4 Å². The van der Waals surface area contributed by atoms with E-state index >= 15 is 0 Å². The fourth-order valence-electron chi connectivity index (χ4n) is 1.74. The van der Waals surface area contributed by atoms with E-state index in [1.165, 1.54) is 6.20 Å². The van der Waals surface area contributed by atoms with E-state index < -0.39 is 0 Å². The average Bonchev–Trinajstić information content (AvgIpc) is 2.93. The molecule has 0 N–H and O–H groups in total. The number of ether oxygens (including phenoxy) is 2. The zero-order chi connectivity index (χ0) is 14.4. The minimum Gasteiger partial charge on any atom is -0.775 e. The molecule has 20 heavy (non-hydrogen) atoms. The standard InChI is InChI=1S/C12H14N4O4/c1-18-10-4-3-9(7-11(10)19-2)5-6-16-8-12(13-14-17)20-15-16/h3-4,7-8H,5-6H2,1-2H3. The Hall–Kier alpha value is -2.64. The van der Waals surface area contributed by atoms with Crippen molar-refractivity contribution in [3.8, 4) is 11.5 Å². The van der Waals surface area contributed by atoms with E-state index in [2.05, 4.69) is 15.7 Å². The molecule has 0 unspecified atom stereocenters. The van der Waals surface area contributed by atoms with E-state index in [1.807, 2.05) is 18.2 Å². The van der Waals surface area contributed by atoms with Gasteiger partial charge in [0.25, 0.3) is 6.20 Å². The highest BCUT2D eigenvalue weighted by atomic mass is 16.5. The Morgan fingerprint density at radius 1 is 1.30 bits per heavy atom. The van der Waals surface area contributed by atoms with Crippen LogP contribution in [0.2, 0.25) is 0 Å². The van der Waals surface area contributed by atoms with Crippen molar-refractivity contribution in [2.75, 3.05) is 14.2 Å². The van der Waals surface area contributed by atoms with Gasteiger partial charge in [0.2, 0.25) is 5.27 Å². The Kier molecular flexibility index (Phi) is 4.48. The molecule has 0 aliphatic rings. The molecule has 0 amide bonds. The second kappa shape index (κ2) is 6.50. The van der Waals surface area contributed by atoms with Crippen molar-refractivity contribution in [2.45, 2.75) is 13.0 Å². The van der Waals surface area contributed by atoms with E-state index in [0.717, 1.165) is 5.56 Å². The molecule has 0 radical (unpaired) electrons. The van der Waals surface area contributed by atoms with Gasteiger partial charge in [-0.1, -0.05) is 10.7 Å². The molecule has 1 heterocycles. The highest BCUT2D eigenvalue weighted by molar-refractivity contribution is 5.42. The molecule has 1 aromatic heterocycles. The molecule has 0 fully saturated rings. The van der Waals surface area contributed by atoms with Crippen LogP contribution in [0.4, 0.5) is 5.88 Å². The molecule has 0 saturated heterocycles. The molecule has 8 nitrogen and oxygen atoms in total. The monoisotopic (exact) mass is 278 g/mol. The van der Waals surface area contributed by atoms with Crippen LogP contribution in [0.5, 0.6) is 11.5 Å². The summed E-state index contributed by atoms with van der Waals surface area (Å²) in [4.78, 5) is 0. The van der Waals surface area contributed by atoms with Crippen LogP contribution < -0.4 is 14.2 Å². The minimum absolute atomic E-state index is 0.0762. The van der Waals surface area contributed by atoms with Gasteiger partial charge < -0.3 is 14.7 Å². The first-order chi connectivity index (χ1) is 9.76. The molecule has 0 aliphatic carbocycles. The molecule has 2 rings (SSSR count). The quantitative estimate of drug-likeness (QED) is 0.456. The molecule has 0 atom stereocenters. The zero-order valence-electron chi connectivity index (χ0n) is 11.1. The first-order valence-electron chi connectivity index (χ1n) is 5.87. The van der Waals surface area contributed by atoms with Gasteiger partial charge in [0, 0.05) is 6.42 Å². The van der Waals surface area contributed by atoms with Gasteiger partial charge in [0.15, 0.2) is 18.0 Å². The van der Waals surface area contributed by atoms with Gasteiger partial charge in [-0.15, -0.1) is 5.11 Å². The second-order valence-electron chi connectivity index (χ2n) is 3.92. The maximum Gasteiger partial charge on any atom is 0.339 e. The van der Waals surface area contributed by atoms with E-state index in [-0.39, 0.29) is 5.88 Å². The van der Waals surface area contributed by atoms with Gasteiger partial charge >= 0.3 is 5.88 Å². The summed E-state index contributed by atoms with van der Waals surface area (Å²) in [5.74, 6) is 1.44. The summed E-state index contributed by atoms with van der Waals surface area (Å²) in [5, 5.41) is 19.3. The Bertz CT molecular complexity index is 597. The van der Waals surface area contributed by atoms with E-state index in [9.17, 15) is 5.21 Å². The number of nitrogens with zero attached hydrogens (tertiary/aromatic N) is 4. The van der Waals surface area contributed by atoms with Crippen LogP contribution in [0.15, 0.2) is 39.3 Å². The molecule has 0 saturated carbocycles. The van der Waals surface area contributed by atoms with Crippen molar-refractivity contribution in [1.29, 1.82) is 0 Å².